The van der Waals surface area contributed by atoms with Gasteiger partial charge in [-0.05, 0) is 38.7 Å². The molecule has 0 heterocycles. The van der Waals surface area contributed by atoms with Crippen molar-refractivity contribution in [2.75, 3.05) is 13.2 Å². The highest BCUT2D eigenvalue weighted by molar-refractivity contribution is 5.66. The Balaban J connectivity index is 4.14. The molecule has 112 valence electrons. The highest BCUT2D eigenvalue weighted by Crippen LogP contribution is 2.09. The standard InChI is InChI=1S/C17H26O3/c1-5-14(2)8-6-9-15(3)10-7-11-17(12-18)13-20-16(4)19/h5,8-9,11,18H,1,6-7,10,12-13H2,2-4H3/b14-8-,15-9+,17-11-. The normalized spacial score (nSPS) is 13.3. The SMILES string of the molecule is C=C/C(C)=C\C/C=C(\C)CC/C=C(/CO)COC(C)=O. The van der Waals surface area contributed by atoms with Crippen molar-refractivity contribution in [3.8, 4) is 0 Å². The fraction of sp³-hybridized carbons (Fsp3) is 0.471. The van der Waals surface area contributed by atoms with E-state index in [2.05, 4.69) is 25.7 Å². The van der Waals surface area contributed by atoms with Crippen LogP contribution in [0.4, 0.5) is 0 Å². The molecule has 3 heteroatoms. The molecule has 0 radical (unpaired) electrons. The monoisotopic (exact) mass is 278 g/mol. The van der Waals surface area contributed by atoms with E-state index in [9.17, 15) is 4.79 Å². The molecule has 0 aromatic rings. The second-order valence-corrected chi connectivity index (χ2v) is 4.78. The zero-order valence-electron chi connectivity index (χ0n) is 12.8. The van der Waals surface area contributed by atoms with Gasteiger partial charge >= 0.3 is 5.97 Å². The number of rotatable bonds is 9. The number of esters is 1. The quantitative estimate of drug-likeness (QED) is 0.397. The lowest BCUT2D eigenvalue weighted by Crippen LogP contribution is -2.06. The van der Waals surface area contributed by atoms with Crippen molar-refractivity contribution < 1.29 is 14.6 Å². The van der Waals surface area contributed by atoms with Gasteiger partial charge in [-0.3, -0.25) is 4.79 Å². The third kappa shape index (κ3) is 10.3. The van der Waals surface area contributed by atoms with Crippen molar-refractivity contribution >= 4 is 5.97 Å². The molecule has 0 aromatic carbocycles. The second-order valence-electron chi connectivity index (χ2n) is 4.78. The third-order valence-electron chi connectivity index (χ3n) is 2.86. The van der Waals surface area contributed by atoms with E-state index in [1.165, 1.54) is 18.1 Å². The van der Waals surface area contributed by atoms with Crippen molar-refractivity contribution in [3.05, 3.63) is 47.6 Å². The molecule has 0 aromatic heterocycles. The summed E-state index contributed by atoms with van der Waals surface area (Å²) in [4.78, 5) is 10.7. The first-order chi connectivity index (χ1) is 9.49. The maximum absolute atomic E-state index is 10.7. The predicted octanol–water partition coefficient (Wildman–Crippen LogP) is 3.72. The van der Waals surface area contributed by atoms with E-state index in [1.54, 1.807) is 0 Å². The molecule has 0 atom stereocenters. The van der Waals surface area contributed by atoms with Crippen LogP contribution in [0.3, 0.4) is 0 Å². The van der Waals surface area contributed by atoms with Crippen molar-refractivity contribution in [2.24, 2.45) is 0 Å². The van der Waals surface area contributed by atoms with Crippen LogP contribution < -0.4 is 0 Å². The van der Waals surface area contributed by atoms with Gasteiger partial charge in [0.15, 0.2) is 0 Å². The Morgan fingerprint density at radius 2 is 1.90 bits per heavy atom. The van der Waals surface area contributed by atoms with Crippen LogP contribution in [0.25, 0.3) is 0 Å². The van der Waals surface area contributed by atoms with Gasteiger partial charge < -0.3 is 9.84 Å². The van der Waals surface area contributed by atoms with Gasteiger partial charge in [-0.25, -0.2) is 0 Å². The van der Waals surface area contributed by atoms with Crippen molar-refractivity contribution in [3.63, 3.8) is 0 Å². The van der Waals surface area contributed by atoms with Crippen molar-refractivity contribution in [1.29, 1.82) is 0 Å². The Kier molecular flexibility index (Phi) is 10.3. The topological polar surface area (TPSA) is 46.5 Å². The lowest BCUT2D eigenvalue weighted by atomic mass is 10.1. The molecule has 0 saturated carbocycles. The van der Waals surface area contributed by atoms with E-state index >= 15 is 0 Å². The van der Waals surface area contributed by atoms with Gasteiger partial charge in [0.05, 0.1) is 6.61 Å². The summed E-state index contributed by atoms with van der Waals surface area (Å²) in [5.74, 6) is -0.329. The summed E-state index contributed by atoms with van der Waals surface area (Å²) in [5.41, 5.74) is 3.23. The first-order valence-electron chi connectivity index (χ1n) is 6.86. The minimum atomic E-state index is -0.329. The maximum atomic E-state index is 10.7. The molecule has 3 nitrogen and oxygen atoms in total. The Labute approximate surface area is 122 Å². The van der Waals surface area contributed by atoms with Gasteiger partial charge in [0.25, 0.3) is 0 Å². The van der Waals surface area contributed by atoms with E-state index in [0.29, 0.717) is 0 Å². The number of carbonyl (C=O) groups excluding carboxylic acids is 1. The molecule has 0 aliphatic heterocycles. The Hall–Kier alpha value is -1.61. The first kappa shape index (κ1) is 18.4. The molecular formula is C17H26O3. The molecule has 0 spiro atoms. The third-order valence-corrected chi connectivity index (χ3v) is 2.86. The predicted molar refractivity (Wildman–Crippen MR) is 83.4 cm³/mol. The highest BCUT2D eigenvalue weighted by Gasteiger charge is 1.98. The van der Waals surface area contributed by atoms with Crippen LogP contribution in [-0.4, -0.2) is 24.3 Å². The number of hydrogen-bond donors (Lipinski definition) is 1. The zero-order chi connectivity index (χ0) is 15.4. The fourth-order valence-corrected chi connectivity index (χ4v) is 1.50. The minimum Gasteiger partial charge on any atom is -0.461 e. The van der Waals surface area contributed by atoms with E-state index in [1.807, 2.05) is 19.1 Å². The lowest BCUT2D eigenvalue weighted by Gasteiger charge is -2.05. The summed E-state index contributed by atoms with van der Waals surface area (Å²) in [6.07, 6.45) is 10.8. The van der Waals surface area contributed by atoms with Gasteiger partial charge in [0, 0.05) is 6.92 Å². The summed E-state index contributed by atoms with van der Waals surface area (Å²) in [6, 6.07) is 0. The Morgan fingerprint density at radius 3 is 2.45 bits per heavy atom. The molecule has 0 unspecified atom stereocenters. The van der Waals surface area contributed by atoms with Crippen molar-refractivity contribution in [1.82, 2.24) is 0 Å². The van der Waals surface area contributed by atoms with Gasteiger partial charge in [0.2, 0.25) is 0 Å². The molecule has 0 bridgehead atoms. The Morgan fingerprint density at radius 1 is 1.20 bits per heavy atom. The molecule has 20 heavy (non-hydrogen) atoms. The number of ether oxygens (including phenoxy) is 1. The average Bonchev–Trinajstić information content (AvgIpc) is 2.42. The first-order valence-corrected chi connectivity index (χ1v) is 6.86. The largest absolute Gasteiger partial charge is 0.461 e. The lowest BCUT2D eigenvalue weighted by molar-refractivity contribution is -0.140. The summed E-state index contributed by atoms with van der Waals surface area (Å²) in [6.45, 7) is 9.30. The highest BCUT2D eigenvalue weighted by atomic mass is 16.5. The molecule has 0 saturated heterocycles. The van der Waals surface area contributed by atoms with E-state index in [4.69, 9.17) is 9.84 Å². The van der Waals surface area contributed by atoms with Gasteiger partial charge in [-0.15, -0.1) is 0 Å². The molecule has 0 aliphatic rings. The molecule has 0 rings (SSSR count). The minimum absolute atomic E-state index is 0.0721. The van der Waals surface area contributed by atoms with E-state index in [0.717, 1.165) is 24.8 Å². The van der Waals surface area contributed by atoms with Crippen molar-refractivity contribution in [2.45, 2.75) is 40.0 Å². The molecule has 0 amide bonds. The van der Waals surface area contributed by atoms with Crippen LogP contribution in [0.1, 0.15) is 40.0 Å². The molecular weight excluding hydrogens is 252 g/mol. The van der Waals surface area contributed by atoms with Gasteiger partial charge in [0.1, 0.15) is 6.61 Å². The summed E-state index contributed by atoms with van der Waals surface area (Å²) in [7, 11) is 0. The molecule has 0 aliphatic carbocycles. The number of aliphatic hydroxyl groups excluding tert-OH is 1. The number of allylic oxidation sites excluding steroid dienone is 6. The summed E-state index contributed by atoms with van der Waals surface area (Å²) < 4.78 is 4.86. The average molecular weight is 278 g/mol. The van der Waals surface area contributed by atoms with Crippen LogP contribution in [-0.2, 0) is 9.53 Å². The number of hydrogen-bond acceptors (Lipinski definition) is 3. The van der Waals surface area contributed by atoms with E-state index < -0.39 is 0 Å². The second kappa shape index (κ2) is 11.2. The Bertz CT molecular complexity index is 400. The van der Waals surface area contributed by atoms with Gasteiger partial charge in [-0.1, -0.05) is 42.0 Å². The van der Waals surface area contributed by atoms with Crippen LogP contribution in [0.15, 0.2) is 47.6 Å². The zero-order valence-corrected chi connectivity index (χ0v) is 12.8. The maximum Gasteiger partial charge on any atom is 0.302 e. The molecule has 0 fully saturated rings. The van der Waals surface area contributed by atoms with Crippen LogP contribution >= 0.6 is 0 Å². The number of carbonyl (C=O) groups is 1. The van der Waals surface area contributed by atoms with E-state index in [-0.39, 0.29) is 19.2 Å². The summed E-state index contributed by atoms with van der Waals surface area (Å²) in [5, 5.41) is 9.14. The van der Waals surface area contributed by atoms with Crippen LogP contribution in [0, 0.1) is 0 Å². The molecule has 1 N–H and O–H groups in total. The van der Waals surface area contributed by atoms with Crippen LogP contribution in [0.2, 0.25) is 0 Å². The van der Waals surface area contributed by atoms with Crippen LogP contribution in [0.5, 0.6) is 0 Å². The number of aliphatic hydroxyl groups is 1. The fourth-order valence-electron chi connectivity index (χ4n) is 1.50. The van der Waals surface area contributed by atoms with Gasteiger partial charge in [-0.2, -0.15) is 0 Å². The summed E-state index contributed by atoms with van der Waals surface area (Å²) >= 11 is 0. The smallest absolute Gasteiger partial charge is 0.302 e.